The lowest BCUT2D eigenvalue weighted by atomic mass is 9.67. The van der Waals surface area contributed by atoms with E-state index in [0.29, 0.717) is 17.5 Å². The van der Waals surface area contributed by atoms with Gasteiger partial charge in [-0.2, -0.15) is 0 Å². The fraction of sp³-hybridized carbons (Fsp3) is 0.0345. The molecule has 0 saturated heterocycles. The van der Waals surface area contributed by atoms with Crippen molar-refractivity contribution in [2.75, 3.05) is 0 Å². The van der Waals surface area contributed by atoms with Crippen LogP contribution in [0, 0.1) is 0 Å². The number of rotatable bonds is 9. The molecule has 1 aliphatic rings. The molecule has 0 saturated carbocycles. The summed E-state index contributed by atoms with van der Waals surface area (Å²) < 4.78 is 2.50. The van der Waals surface area contributed by atoms with Gasteiger partial charge in [0.05, 0.1) is 11.1 Å². The van der Waals surface area contributed by atoms with E-state index in [1.807, 2.05) is 36.6 Å². The zero-order valence-electron chi connectivity index (χ0n) is 34.6. The molecule has 63 heavy (non-hydrogen) atoms. The minimum atomic E-state index is -0.632. The number of hydrogen-bond donors (Lipinski definition) is 0. The van der Waals surface area contributed by atoms with Crippen LogP contribution in [-0.2, 0) is 5.41 Å². The highest BCUT2D eigenvalue weighted by Gasteiger charge is 2.47. The lowest BCUT2D eigenvalue weighted by Gasteiger charge is -2.34. The topological polar surface area (TPSA) is 51.6 Å². The molecule has 1 aliphatic carbocycles. The molecular weight excluding hydrogens is 785 g/mol. The van der Waals surface area contributed by atoms with E-state index in [0.717, 1.165) is 66.9 Å². The monoisotopic (exact) mass is 824 g/mol. The molecule has 7 aromatic carbocycles. The van der Waals surface area contributed by atoms with Crippen molar-refractivity contribution in [1.29, 1.82) is 0 Å². The molecule has 10 aromatic rings. The van der Waals surface area contributed by atoms with Crippen LogP contribution in [0.5, 0.6) is 0 Å². The first kappa shape index (κ1) is 38.1. The third-order valence-electron chi connectivity index (χ3n) is 12.2. The van der Waals surface area contributed by atoms with Gasteiger partial charge in [0.2, 0.25) is 0 Å². The molecule has 0 radical (unpaired) electrons. The van der Waals surface area contributed by atoms with Crippen LogP contribution in [0.15, 0.2) is 225 Å². The van der Waals surface area contributed by atoms with Crippen molar-refractivity contribution in [3.63, 3.8) is 0 Å². The van der Waals surface area contributed by atoms with Gasteiger partial charge in [0.1, 0.15) is 0 Å². The van der Waals surface area contributed by atoms with E-state index in [2.05, 4.69) is 201 Å². The average Bonchev–Trinajstić information content (AvgIpc) is 3.89. The third kappa shape index (κ3) is 6.36. The smallest absolute Gasteiger partial charge is 0.165 e. The van der Waals surface area contributed by atoms with Crippen LogP contribution >= 0.6 is 11.3 Å². The highest BCUT2D eigenvalue weighted by atomic mass is 32.1. The molecule has 4 nitrogen and oxygen atoms in total. The van der Waals surface area contributed by atoms with E-state index in [-0.39, 0.29) is 0 Å². The molecule has 0 fully saturated rings. The molecule has 11 rings (SSSR count). The Bertz CT molecular complexity index is 3400. The van der Waals surface area contributed by atoms with Crippen molar-refractivity contribution in [3.05, 3.63) is 241 Å². The van der Waals surface area contributed by atoms with Gasteiger partial charge in [-0.05, 0) is 69.6 Å². The standard InChI is InChI=1S/C58H40N4S/c1-3-5-20-42(4-2)58(43-21-10-7-11-22-43)49-28-14-12-24-46(49)53-48(27-17-29-50(53)58)57-61-55(40-33-31-39(32-34-40)38-18-8-6-9-19-38)60-56(62-57)41-35-36-51(59-37-41)47-26-16-25-45-44-23-13-15-30-52(44)63-54(45)47/h3-37H,2H2,1H3/b5-3-,42-20+. The van der Waals surface area contributed by atoms with Crippen LogP contribution in [0.1, 0.15) is 23.6 Å². The van der Waals surface area contributed by atoms with E-state index in [9.17, 15) is 0 Å². The van der Waals surface area contributed by atoms with Crippen molar-refractivity contribution >= 4 is 31.5 Å². The number of benzene rings is 7. The molecule has 5 heteroatoms. The first-order chi connectivity index (χ1) is 31.1. The number of hydrogen-bond acceptors (Lipinski definition) is 5. The lowest BCUT2D eigenvalue weighted by molar-refractivity contribution is 0.767. The summed E-state index contributed by atoms with van der Waals surface area (Å²) in [5.74, 6) is 1.74. The van der Waals surface area contributed by atoms with Crippen LogP contribution < -0.4 is 0 Å². The highest BCUT2D eigenvalue weighted by molar-refractivity contribution is 7.26. The fourth-order valence-electron chi connectivity index (χ4n) is 9.37. The van der Waals surface area contributed by atoms with Gasteiger partial charge in [-0.15, -0.1) is 11.3 Å². The minimum Gasteiger partial charge on any atom is -0.255 e. The second-order valence-electron chi connectivity index (χ2n) is 15.7. The molecule has 0 amide bonds. The largest absolute Gasteiger partial charge is 0.255 e. The Morgan fingerprint density at radius 1 is 0.524 bits per heavy atom. The number of pyridine rings is 1. The van der Waals surface area contributed by atoms with E-state index in [1.54, 1.807) is 0 Å². The summed E-state index contributed by atoms with van der Waals surface area (Å²) in [4.78, 5) is 20.9. The summed E-state index contributed by atoms with van der Waals surface area (Å²) in [6.45, 7) is 6.42. The van der Waals surface area contributed by atoms with Crippen LogP contribution in [-0.4, -0.2) is 19.9 Å². The quantitative estimate of drug-likeness (QED) is 0.136. The number of thiophene rings is 1. The summed E-state index contributed by atoms with van der Waals surface area (Å²) in [6, 6.07) is 64.2. The van der Waals surface area contributed by atoms with Gasteiger partial charge < -0.3 is 0 Å². The van der Waals surface area contributed by atoms with Gasteiger partial charge in [-0.3, -0.25) is 4.98 Å². The van der Waals surface area contributed by atoms with Crippen LogP contribution in [0.2, 0.25) is 0 Å². The Balaban J connectivity index is 1.11. The lowest BCUT2D eigenvalue weighted by Crippen LogP contribution is -2.29. The van der Waals surface area contributed by atoms with Gasteiger partial charge in [0, 0.05) is 48.6 Å². The maximum atomic E-state index is 5.33. The van der Waals surface area contributed by atoms with Crippen molar-refractivity contribution in [3.8, 4) is 67.7 Å². The average molecular weight is 825 g/mol. The summed E-state index contributed by atoms with van der Waals surface area (Å²) >= 11 is 1.81. The van der Waals surface area contributed by atoms with Gasteiger partial charge in [0.15, 0.2) is 17.5 Å². The molecule has 0 bridgehead atoms. The molecule has 0 N–H and O–H groups in total. The van der Waals surface area contributed by atoms with Crippen LogP contribution in [0.4, 0.5) is 0 Å². The fourth-order valence-corrected chi connectivity index (χ4v) is 10.6. The molecule has 1 unspecified atom stereocenters. The van der Waals surface area contributed by atoms with E-state index in [4.69, 9.17) is 19.9 Å². The molecule has 3 aromatic heterocycles. The first-order valence-electron chi connectivity index (χ1n) is 21.2. The molecule has 0 spiro atoms. The van der Waals surface area contributed by atoms with Gasteiger partial charge in [0.25, 0.3) is 0 Å². The van der Waals surface area contributed by atoms with Crippen LogP contribution in [0.25, 0.3) is 87.8 Å². The SMILES string of the molecule is C=C/C(=C\C=C/C)C1(c2ccccc2)c2ccccc2-c2c(-c3nc(-c4ccc(-c5ccccc5)cc4)nc(-c4ccc(-c5cccc6c5sc5ccccc56)nc4)n3)cccc21. The Morgan fingerprint density at radius 3 is 1.90 bits per heavy atom. The predicted molar refractivity (Wildman–Crippen MR) is 263 cm³/mol. The number of fused-ring (bicyclic) bond motifs is 6. The minimum absolute atomic E-state index is 0.555. The number of nitrogens with zero attached hydrogens (tertiary/aromatic N) is 4. The predicted octanol–water partition coefficient (Wildman–Crippen LogP) is 15.0. The second kappa shape index (κ2) is 15.9. The van der Waals surface area contributed by atoms with E-state index < -0.39 is 5.41 Å². The molecule has 1 atom stereocenters. The normalized spacial score (nSPS) is 14.6. The highest BCUT2D eigenvalue weighted by Crippen LogP contribution is 2.58. The summed E-state index contributed by atoms with van der Waals surface area (Å²) in [5.41, 5.74) is 13.1. The summed E-state index contributed by atoms with van der Waals surface area (Å²) in [5, 5.41) is 2.51. The molecule has 3 heterocycles. The van der Waals surface area contributed by atoms with Gasteiger partial charge in [-0.1, -0.05) is 195 Å². The molecular formula is C58H40N4S. The first-order valence-corrected chi connectivity index (χ1v) is 22.0. The maximum Gasteiger partial charge on any atom is 0.165 e. The Labute approximate surface area is 371 Å². The Morgan fingerprint density at radius 2 is 1.13 bits per heavy atom. The van der Waals surface area contributed by atoms with Crippen molar-refractivity contribution in [1.82, 2.24) is 19.9 Å². The Hall–Kier alpha value is -7.86. The number of allylic oxidation sites excluding steroid dienone is 5. The Kier molecular flexibility index (Phi) is 9.60. The van der Waals surface area contributed by atoms with Crippen LogP contribution in [0.3, 0.4) is 0 Å². The van der Waals surface area contributed by atoms with Gasteiger partial charge in [-0.25, -0.2) is 15.0 Å². The summed E-state index contributed by atoms with van der Waals surface area (Å²) in [6.07, 6.45) is 10.3. The van der Waals surface area contributed by atoms with E-state index in [1.165, 1.54) is 25.7 Å². The zero-order valence-corrected chi connectivity index (χ0v) is 35.4. The van der Waals surface area contributed by atoms with Crippen molar-refractivity contribution in [2.24, 2.45) is 0 Å². The van der Waals surface area contributed by atoms with Crippen molar-refractivity contribution < 1.29 is 0 Å². The summed E-state index contributed by atoms with van der Waals surface area (Å²) in [7, 11) is 0. The van der Waals surface area contributed by atoms with Crippen molar-refractivity contribution in [2.45, 2.75) is 12.3 Å². The second-order valence-corrected chi connectivity index (χ2v) is 16.8. The maximum absolute atomic E-state index is 5.33. The molecule has 0 aliphatic heterocycles. The molecule has 298 valence electrons. The van der Waals surface area contributed by atoms with E-state index >= 15 is 0 Å². The third-order valence-corrected chi connectivity index (χ3v) is 13.4. The number of aromatic nitrogens is 4. The van der Waals surface area contributed by atoms with Gasteiger partial charge >= 0.3 is 0 Å². The zero-order chi connectivity index (χ0) is 42.3.